The van der Waals surface area contributed by atoms with E-state index in [1.165, 1.54) is 12.8 Å². The molecule has 0 bridgehead atoms. The number of hydrogen-bond donors (Lipinski definition) is 1. The van der Waals surface area contributed by atoms with Crippen molar-refractivity contribution in [3.63, 3.8) is 0 Å². The molecule has 1 N–H and O–H groups in total. The van der Waals surface area contributed by atoms with E-state index in [9.17, 15) is 4.79 Å². The molecule has 102 valence electrons. The lowest BCUT2D eigenvalue weighted by molar-refractivity contribution is -0.123. The molecule has 0 saturated heterocycles. The average molecular weight is 251 g/mol. The Morgan fingerprint density at radius 2 is 2.00 bits per heavy atom. The van der Waals surface area contributed by atoms with Crippen LogP contribution >= 0.6 is 0 Å². The molecule has 1 fully saturated rings. The molecule has 1 rings (SSSR count). The van der Waals surface area contributed by atoms with Crippen LogP contribution in [-0.2, 0) is 4.79 Å². The van der Waals surface area contributed by atoms with Gasteiger partial charge in [-0.15, -0.1) is 0 Å². The van der Waals surface area contributed by atoms with Crippen molar-refractivity contribution in [2.75, 3.05) is 13.1 Å². The average Bonchev–Trinajstić information content (AvgIpc) is 2.89. The Labute approximate surface area is 110 Å². The molecular weight excluding hydrogens is 226 g/mol. The second-order valence-corrected chi connectivity index (χ2v) is 5.08. The number of nitrogens with one attached hydrogen (secondary N) is 1. The third kappa shape index (κ3) is 4.66. The van der Waals surface area contributed by atoms with Gasteiger partial charge in [-0.2, -0.15) is 5.26 Å². The maximum Gasteiger partial charge on any atom is 0.234 e. The molecule has 0 aromatic carbocycles. The predicted octanol–water partition coefficient (Wildman–Crippen LogP) is 2.06. The zero-order valence-corrected chi connectivity index (χ0v) is 11.6. The Morgan fingerprint density at radius 3 is 2.50 bits per heavy atom. The molecule has 1 saturated carbocycles. The van der Waals surface area contributed by atoms with Gasteiger partial charge >= 0.3 is 0 Å². The third-order valence-electron chi connectivity index (χ3n) is 3.81. The molecule has 1 amide bonds. The van der Waals surface area contributed by atoms with E-state index in [2.05, 4.69) is 25.2 Å². The van der Waals surface area contributed by atoms with Gasteiger partial charge in [0, 0.05) is 12.1 Å². The normalized spacial score (nSPS) is 16.2. The third-order valence-corrected chi connectivity index (χ3v) is 3.81. The summed E-state index contributed by atoms with van der Waals surface area (Å²) in [4.78, 5) is 14.0. The quantitative estimate of drug-likeness (QED) is 0.705. The number of carbonyl (C=O) groups is 1. The van der Waals surface area contributed by atoms with Crippen LogP contribution in [0.5, 0.6) is 0 Å². The largest absolute Gasteiger partial charge is 0.352 e. The van der Waals surface area contributed by atoms with Crippen LogP contribution in [0.3, 0.4) is 0 Å². The van der Waals surface area contributed by atoms with Gasteiger partial charge in [-0.25, -0.2) is 0 Å². The first-order valence-electron chi connectivity index (χ1n) is 7.11. The van der Waals surface area contributed by atoms with Gasteiger partial charge in [-0.05, 0) is 25.7 Å². The summed E-state index contributed by atoms with van der Waals surface area (Å²) in [6.45, 7) is 4.90. The highest BCUT2D eigenvalue weighted by Gasteiger charge is 2.24. The summed E-state index contributed by atoms with van der Waals surface area (Å²) in [5, 5.41) is 11.9. The molecule has 0 aromatic heterocycles. The van der Waals surface area contributed by atoms with Crippen LogP contribution in [0, 0.1) is 11.3 Å². The van der Waals surface area contributed by atoms with E-state index < -0.39 is 0 Å². The van der Waals surface area contributed by atoms with Crippen LogP contribution in [0.1, 0.15) is 52.4 Å². The number of nitriles is 1. The summed E-state index contributed by atoms with van der Waals surface area (Å²) in [5.41, 5.74) is 0. The van der Waals surface area contributed by atoms with E-state index in [1.807, 2.05) is 4.90 Å². The molecule has 18 heavy (non-hydrogen) atoms. The molecule has 1 aliphatic carbocycles. The summed E-state index contributed by atoms with van der Waals surface area (Å²) in [7, 11) is 0. The van der Waals surface area contributed by atoms with Gasteiger partial charge in [0.25, 0.3) is 0 Å². The second kappa shape index (κ2) is 8.10. The smallest absolute Gasteiger partial charge is 0.234 e. The van der Waals surface area contributed by atoms with Gasteiger partial charge in [0.05, 0.1) is 19.2 Å². The molecular formula is C14H25N3O. The highest BCUT2D eigenvalue weighted by atomic mass is 16.2. The summed E-state index contributed by atoms with van der Waals surface area (Å²) in [6.07, 6.45) is 6.62. The molecule has 0 spiro atoms. The first kappa shape index (κ1) is 15.0. The molecule has 4 nitrogen and oxygen atoms in total. The highest BCUT2D eigenvalue weighted by Crippen LogP contribution is 2.22. The van der Waals surface area contributed by atoms with Crippen molar-refractivity contribution >= 4 is 5.91 Å². The number of hydrogen-bond acceptors (Lipinski definition) is 3. The van der Waals surface area contributed by atoms with Crippen LogP contribution in [0.2, 0.25) is 0 Å². The van der Waals surface area contributed by atoms with E-state index in [0.29, 0.717) is 19.1 Å². The van der Waals surface area contributed by atoms with Gasteiger partial charge in [0.2, 0.25) is 5.91 Å². The fourth-order valence-electron chi connectivity index (χ4n) is 2.62. The lowest BCUT2D eigenvalue weighted by atomic mass is 10.1. The first-order chi connectivity index (χ1) is 8.71. The first-order valence-corrected chi connectivity index (χ1v) is 7.11. The molecule has 0 atom stereocenters. The van der Waals surface area contributed by atoms with Crippen LogP contribution < -0.4 is 5.32 Å². The second-order valence-electron chi connectivity index (χ2n) is 5.08. The minimum absolute atomic E-state index is 0.0610. The minimum atomic E-state index is 0.0610. The summed E-state index contributed by atoms with van der Waals surface area (Å²) in [5.74, 6) is 0.0610. The molecule has 0 aromatic rings. The van der Waals surface area contributed by atoms with E-state index in [-0.39, 0.29) is 11.9 Å². The lowest BCUT2D eigenvalue weighted by Crippen LogP contribution is -2.45. The maximum atomic E-state index is 12.0. The van der Waals surface area contributed by atoms with Crippen molar-refractivity contribution < 1.29 is 4.79 Å². The zero-order valence-electron chi connectivity index (χ0n) is 11.6. The van der Waals surface area contributed by atoms with Crippen LogP contribution in [-0.4, -0.2) is 36.0 Å². The van der Waals surface area contributed by atoms with Gasteiger partial charge in [0.15, 0.2) is 0 Å². The Balaban J connectivity index is 2.44. The number of nitrogens with zero attached hydrogens (tertiary/aromatic N) is 2. The van der Waals surface area contributed by atoms with E-state index in [0.717, 1.165) is 25.7 Å². The van der Waals surface area contributed by atoms with Crippen LogP contribution in [0.15, 0.2) is 0 Å². The monoisotopic (exact) mass is 251 g/mol. The van der Waals surface area contributed by atoms with Crippen LogP contribution in [0.25, 0.3) is 0 Å². The molecule has 0 radical (unpaired) electrons. The Morgan fingerprint density at radius 1 is 1.39 bits per heavy atom. The minimum Gasteiger partial charge on any atom is -0.352 e. The fourth-order valence-corrected chi connectivity index (χ4v) is 2.62. The van der Waals surface area contributed by atoms with E-state index >= 15 is 0 Å². The Hall–Kier alpha value is -1.08. The predicted molar refractivity (Wildman–Crippen MR) is 72.0 cm³/mol. The van der Waals surface area contributed by atoms with Crippen molar-refractivity contribution in [3.8, 4) is 6.07 Å². The zero-order chi connectivity index (χ0) is 13.4. The standard InChI is InChI=1S/C14H25N3O/c1-3-12(4-2)16-14(18)11-17(10-9-15)13-7-5-6-8-13/h12-13H,3-8,10-11H2,1-2H3,(H,16,18). The molecule has 0 unspecified atom stereocenters. The molecule has 0 aliphatic heterocycles. The van der Waals surface area contributed by atoms with Gasteiger partial charge in [-0.3, -0.25) is 9.69 Å². The van der Waals surface area contributed by atoms with E-state index in [4.69, 9.17) is 5.26 Å². The number of rotatable bonds is 7. The van der Waals surface area contributed by atoms with E-state index in [1.54, 1.807) is 0 Å². The summed E-state index contributed by atoms with van der Waals surface area (Å²) in [6, 6.07) is 2.87. The number of carbonyl (C=O) groups excluding carboxylic acids is 1. The molecule has 0 heterocycles. The topological polar surface area (TPSA) is 56.1 Å². The van der Waals surface area contributed by atoms with Crippen LogP contribution in [0.4, 0.5) is 0 Å². The lowest BCUT2D eigenvalue weighted by Gasteiger charge is -2.26. The number of amides is 1. The van der Waals surface area contributed by atoms with Crippen molar-refractivity contribution in [1.29, 1.82) is 5.26 Å². The SMILES string of the molecule is CCC(CC)NC(=O)CN(CC#N)C1CCCC1. The molecule has 4 heteroatoms. The Bertz CT molecular complexity index is 288. The van der Waals surface area contributed by atoms with Crippen molar-refractivity contribution in [1.82, 2.24) is 10.2 Å². The van der Waals surface area contributed by atoms with Crippen molar-refractivity contribution in [3.05, 3.63) is 0 Å². The Kier molecular flexibility index (Phi) is 6.74. The van der Waals surface area contributed by atoms with Gasteiger partial charge in [0.1, 0.15) is 0 Å². The van der Waals surface area contributed by atoms with Gasteiger partial charge < -0.3 is 5.32 Å². The van der Waals surface area contributed by atoms with Crippen molar-refractivity contribution in [2.24, 2.45) is 0 Å². The maximum absolute atomic E-state index is 12.0. The fraction of sp³-hybridized carbons (Fsp3) is 0.857. The van der Waals surface area contributed by atoms with Gasteiger partial charge in [-0.1, -0.05) is 26.7 Å². The molecule has 1 aliphatic rings. The summed E-state index contributed by atoms with van der Waals surface area (Å²) >= 11 is 0. The summed E-state index contributed by atoms with van der Waals surface area (Å²) < 4.78 is 0. The van der Waals surface area contributed by atoms with Crippen molar-refractivity contribution in [2.45, 2.75) is 64.5 Å². The highest BCUT2D eigenvalue weighted by molar-refractivity contribution is 5.78.